The third kappa shape index (κ3) is 2.62. The fraction of sp³-hybridized carbons (Fsp3) is 0.750. The maximum Gasteiger partial charge on any atom is 0.0856 e. The number of hydrogen-bond donors (Lipinski definition) is 1. The van der Waals surface area contributed by atoms with Gasteiger partial charge in [-0.25, -0.2) is 0 Å². The number of hydrogen-bond acceptors (Lipinski definition) is 3. The van der Waals surface area contributed by atoms with Crippen molar-refractivity contribution in [2.24, 2.45) is 7.05 Å². The monoisotopic (exact) mass is 224 g/mol. The van der Waals surface area contributed by atoms with Gasteiger partial charge in [0.2, 0.25) is 0 Å². The van der Waals surface area contributed by atoms with E-state index < -0.39 is 6.10 Å². The average Bonchev–Trinajstić information content (AvgIpc) is 2.59. The van der Waals surface area contributed by atoms with Gasteiger partial charge in [-0.1, -0.05) is 0 Å². The molecule has 4 heteroatoms. The molecular weight excluding hydrogens is 204 g/mol. The second kappa shape index (κ2) is 4.97. The summed E-state index contributed by atoms with van der Waals surface area (Å²) in [7, 11) is 1.91. The Morgan fingerprint density at radius 2 is 2.44 bits per heavy atom. The van der Waals surface area contributed by atoms with Crippen LogP contribution in [0.25, 0.3) is 0 Å². The summed E-state index contributed by atoms with van der Waals surface area (Å²) in [6, 6.07) is 2.02. The molecule has 2 heterocycles. The highest BCUT2D eigenvalue weighted by molar-refractivity contribution is 5.10. The SMILES string of the molecule is Cc1cc(CC(O)C2CCCCO2)n(C)n1. The van der Waals surface area contributed by atoms with Crippen molar-refractivity contribution in [2.45, 2.75) is 44.8 Å². The van der Waals surface area contributed by atoms with Gasteiger partial charge in [0.1, 0.15) is 0 Å². The van der Waals surface area contributed by atoms with Crippen LogP contribution >= 0.6 is 0 Å². The number of aliphatic hydroxyl groups is 1. The zero-order valence-corrected chi connectivity index (χ0v) is 10.0. The lowest BCUT2D eigenvalue weighted by Gasteiger charge is -2.27. The molecule has 1 aliphatic rings. The predicted octanol–water partition coefficient (Wildman–Crippen LogP) is 1.20. The van der Waals surface area contributed by atoms with Gasteiger partial charge in [-0.2, -0.15) is 5.10 Å². The molecule has 0 aromatic carbocycles. The molecule has 16 heavy (non-hydrogen) atoms. The van der Waals surface area contributed by atoms with Crippen LogP contribution in [0.3, 0.4) is 0 Å². The lowest BCUT2D eigenvalue weighted by atomic mass is 10.0. The summed E-state index contributed by atoms with van der Waals surface area (Å²) in [5.74, 6) is 0. The minimum atomic E-state index is -0.407. The molecule has 0 spiro atoms. The van der Waals surface area contributed by atoms with Crippen LogP contribution in [0.5, 0.6) is 0 Å². The highest BCUT2D eigenvalue weighted by Crippen LogP contribution is 2.18. The van der Waals surface area contributed by atoms with Gasteiger partial charge in [0.05, 0.1) is 17.9 Å². The minimum absolute atomic E-state index is 0.00366. The van der Waals surface area contributed by atoms with Crippen LogP contribution in [-0.4, -0.2) is 33.7 Å². The molecule has 1 N–H and O–H groups in total. The number of rotatable bonds is 3. The smallest absolute Gasteiger partial charge is 0.0856 e. The molecular formula is C12H20N2O2. The van der Waals surface area contributed by atoms with E-state index in [0.29, 0.717) is 6.42 Å². The summed E-state index contributed by atoms with van der Waals surface area (Å²) in [5.41, 5.74) is 2.06. The first-order chi connectivity index (χ1) is 7.66. The second-order valence-corrected chi connectivity index (χ2v) is 4.58. The van der Waals surface area contributed by atoms with E-state index in [-0.39, 0.29) is 6.10 Å². The predicted molar refractivity (Wildman–Crippen MR) is 61.2 cm³/mol. The van der Waals surface area contributed by atoms with E-state index in [9.17, 15) is 5.11 Å². The zero-order chi connectivity index (χ0) is 11.5. The maximum atomic E-state index is 10.1. The molecule has 4 nitrogen and oxygen atoms in total. The van der Waals surface area contributed by atoms with Crippen LogP contribution in [0.2, 0.25) is 0 Å². The quantitative estimate of drug-likeness (QED) is 0.839. The lowest BCUT2D eigenvalue weighted by Crippen LogP contribution is -2.34. The third-order valence-electron chi connectivity index (χ3n) is 3.16. The van der Waals surface area contributed by atoms with Gasteiger partial charge in [-0.15, -0.1) is 0 Å². The lowest BCUT2D eigenvalue weighted by molar-refractivity contribution is -0.0616. The van der Waals surface area contributed by atoms with E-state index >= 15 is 0 Å². The van der Waals surface area contributed by atoms with Crippen LogP contribution in [0.1, 0.15) is 30.7 Å². The van der Waals surface area contributed by atoms with Gasteiger partial charge in [0, 0.05) is 25.8 Å². The molecule has 90 valence electrons. The first-order valence-corrected chi connectivity index (χ1v) is 5.96. The van der Waals surface area contributed by atoms with Gasteiger partial charge in [-0.3, -0.25) is 4.68 Å². The zero-order valence-electron chi connectivity index (χ0n) is 10.0. The summed E-state index contributed by atoms with van der Waals surface area (Å²) in [6.45, 7) is 2.75. The Bertz CT molecular complexity index is 343. The highest BCUT2D eigenvalue weighted by atomic mass is 16.5. The van der Waals surface area contributed by atoms with E-state index in [1.807, 2.05) is 24.7 Å². The van der Waals surface area contributed by atoms with Crippen molar-refractivity contribution in [1.82, 2.24) is 9.78 Å². The van der Waals surface area contributed by atoms with Gasteiger partial charge in [0.25, 0.3) is 0 Å². The Morgan fingerprint density at radius 3 is 3.00 bits per heavy atom. The summed E-state index contributed by atoms with van der Waals surface area (Å²) in [5, 5.41) is 14.4. The van der Waals surface area contributed by atoms with Crippen LogP contribution in [0.4, 0.5) is 0 Å². The molecule has 1 saturated heterocycles. The molecule has 1 fully saturated rings. The van der Waals surface area contributed by atoms with Gasteiger partial charge >= 0.3 is 0 Å². The average molecular weight is 224 g/mol. The molecule has 0 bridgehead atoms. The summed E-state index contributed by atoms with van der Waals surface area (Å²) in [6.07, 6.45) is 3.47. The number of aryl methyl sites for hydroxylation is 2. The molecule has 1 aromatic heterocycles. The molecule has 0 saturated carbocycles. The van der Waals surface area contributed by atoms with E-state index in [1.165, 1.54) is 0 Å². The summed E-state index contributed by atoms with van der Waals surface area (Å²) < 4.78 is 7.41. The van der Waals surface area contributed by atoms with Crippen LogP contribution in [-0.2, 0) is 18.2 Å². The van der Waals surface area contributed by atoms with Crippen molar-refractivity contribution in [3.05, 3.63) is 17.5 Å². The Balaban J connectivity index is 1.95. The summed E-state index contributed by atoms with van der Waals surface area (Å²) >= 11 is 0. The summed E-state index contributed by atoms with van der Waals surface area (Å²) in [4.78, 5) is 0. The maximum absolute atomic E-state index is 10.1. The van der Waals surface area contributed by atoms with Crippen molar-refractivity contribution in [3.63, 3.8) is 0 Å². The molecule has 0 amide bonds. The fourth-order valence-electron chi connectivity index (χ4n) is 2.27. The fourth-order valence-corrected chi connectivity index (χ4v) is 2.27. The van der Waals surface area contributed by atoms with E-state index in [2.05, 4.69) is 5.10 Å². The van der Waals surface area contributed by atoms with Crippen molar-refractivity contribution >= 4 is 0 Å². The normalized spacial score (nSPS) is 23.3. The standard InChI is InChI=1S/C12H20N2O2/c1-9-7-10(14(2)13-9)8-11(15)12-5-3-4-6-16-12/h7,11-12,15H,3-6,8H2,1-2H3. The van der Waals surface area contributed by atoms with E-state index in [4.69, 9.17) is 4.74 Å². The van der Waals surface area contributed by atoms with Crippen molar-refractivity contribution in [3.8, 4) is 0 Å². The molecule has 1 aromatic rings. The van der Waals surface area contributed by atoms with Gasteiger partial charge < -0.3 is 9.84 Å². The van der Waals surface area contributed by atoms with E-state index in [0.717, 1.165) is 37.3 Å². The topological polar surface area (TPSA) is 47.3 Å². The number of aliphatic hydroxyl groups excluding tert-OH is 1. The molecule has 0 radical (unpaired) electrons. The van der Waals surface area contributed by atoms with E-state index in [1.54, 1.807) is 0 Å². The molecule has 2 atom stereocenters. The molecule has 0 aliphatic carbocycles. The Morgan fingerprint density at radius 1 is 1.62 bits per heavy atom. The molecule has 2 rings (SSSR count). The van der Waals surface area contributed by atoms with Crippen molar-refractivity contribution in [2.75, 3.05) is 6.61 Å². The van der Waals surface area contributed by atoms with Crippen molar-refractivity contribution in [1.29, 1.82) is 0 Å². The number of nitrogens with zero attached hydrogens (tertiary/aromatic N) is 2. The largest absolute Gasteiger partial charge is 0.390 e. The van der Waals surface area contributed by atoms with Crippen LogP contribution < -0.4 is 0 Å². The molecule has 1 aliphatic heterocycles. The third-order valence-corrected chi connectivity index (χ3v) is 3.16. The first-order valence-electron chi connectivity index (χ1n) is 5.96. The van der Waals surface area contributed by atoms with Crippen LogP contribution in [0.15, 0.2) is 6.07 Å². The van der Waals surface area contributed by atoms with Crippen LogP contribution in [0, 0.1) is 6.92 Å². The molecule has 2 unspecified atom stereocenters. The first kappa shape index (κ1) is 11.6. The number of ether oxygens (including phenoxy) is 1. The Hall–Kier alpha value is -0.870. The number of aromatic nitrogens is 2. The van der Waals surface area contributed by atoms with Crippen molar-refractivity contribution < 1.29 is 9.84 Å². The Labute approximate surface area is 96.2 Å². The minimum Gasteiger partial charge on any atom is -0.390 e. The van der Waals surface area contributed by atoms with Gasteiger partial charge in [0.15, 0.2) is 0 Å². The highest BCUT2D eigenvalue weighted by Gasteiger charge is 2.23. The van der Waals surface area contributed by atoms with Gasteiger partial charge in [-0.05, 0) is 32.3 Å². The second-order valence-electron chi connectivity index (χ2n) is 4.58. The Kier molecular flexibility index (Phi) is 3.61.